The first kappa shape index (κ1) is 10.8. The Hall–Kier alpha value is -1.68. The highest BCUT2D eigenvalue weighted by Gasteiger charge is 2.06. The minimum absolute atomic E-state index is 0.478. The number of hydrogen-bond donors (Lipinski definition) is 1. The SMILES string of the molecule is CC[C@@H](O)c1ccc(-n2cc(C)cn2)cn1. The predicted molar refractivity (Wildman–Crippen MR) is 61.3 cm³/mol. The molecule has 0 saturated carbocycles. The van der Waals surface area contributed by atoms with Crippen molar-refractivity contribution in [3.8, 4) is 5.69 Å². The lowest BCUT2D eigenvalue weighted by molar-refractivity contribution is 0.169. The summed E-state index contributed by atoms with van der Waals surface area (Å²) in [5, 5.41) is 13.8. The molecule has 2 heterocycles. The third kappa shape index (κ3) is 2.12. The number of nitrogens with zero attached hydrogens (tertiary/aromatic N) is 3. The maximum Gasteiger partial charge on any atom is 0.0957 e. The average Bonchev–Trinajstić information content (AvgIpc) is 2.75. The fourth-order valence-corrected chi connectivity index (χ4v) is 1.49. The monoisotopic (exact) mass is 217 g/mol. The molecule has 0 aliphatic heterocycles. The van der Waals surface area contributed by atoms with Gasteiger partial charge in [0.05, 0.1) is 29.9 Å². The van der Waals surface area contributed by atoms with Gasteiger partial charge in [0.2, 0.25) is 0 Å². The standard InChI is InChI=1S/C12H15N3O/c1-3-12(16)11-5-4-10(7-13-11)15-8-9(2)6-14-15/h4-8,12,16H,3H2,1-2H3/t12-/m1/s1. The molecule has 2 rings (SSSR count). The van der Waals surface area contributed by atoms with Crippen molar-refractivity contribution in [2.24, 2.45) is 0 Å². The molecule has 4 nitrogen and oxygen atoms in total. The summed E-state index contributed by atoms with van der Waals surface area (Å²) in [4.78, 5) is 4.22. The fraction of sp³-hybridized carbons (Fsp3) is 0.333. The maximum atomic E-state index is 9.61. The van der Waals surface area contributed by atoms with Crippen LogP contribution in [-0.4, -0.2) is 19.9 Å². The Labute approximate surface area is 94.6 Å². The smallest absolute Gasteiger partial charge is 0.0957 e. The first-order valence-electron chi connectivity index (χ1n) is 5.36. The van der Waals surface area contributed by atoms with Gasteiger partial charge < -0.3 is 5.11 Å². The van der Waals surface area contributed by atoms with Gasteiger partial charge in [-0.05, 0) is 31.0 Å². The van der Waals surface area contributed by atoms with Gasteiger partial charge in [0, 0.05) is 6.20 Å². The van der Waals surface area contributed by atoms with E-state index in [4.69, 9.17) is 0 Å². The maximum absolute atomic E-state index is 9.61. The summed E-state index contributed by atoms with van der Waals surface area (Å²) in [7, 11) is 0. The largest absolute Gasteiger partial charge is 0.387 e. The van der Waals surface area contributed by atoms with Crippen LogP contribution in [0.2, 0.25) is 0 Å². The van der Waals surface area contributed by atoms with E-state index in [1.54, 1.807) is 17.1 Å². The fourth-order valence-electron chi connectivity index (χ4n) is 1.49. The van der Waals surface area contributed by atoms with Crippen LogP contribution in [-0.2, 0) is 0 Å². The number of aromatic nitrogens is 3. The van der Waals surface area contributed by atoms with Crippen LogP contribution >= 0.6 is 0 Å². The second-order valence-electron chi connectivity index (χ2n) is 3.83. The van der Waals surface area contributed by atoms with Crippen LogP contribution in [0, 0.1) is 6.92 Å². The second kappa shape index (κ2) is 4.45. The lowest BCUT2D eigenvalue weighted by Crippen LogP contribution is -2.01. The Balaban J connectivity index is 2.25. The highest BCUT2D eigenvalue weighted by molar-refractivity contribution is 5.29. The van der Waals surface area contributed by atoms with Gasteiger partial charge in [0.15, 0.2) is 0 Å². The number of aliphatic hydroxyl groups is 1. The van der Waals surface area contributed by atoms with Gasteiger partial charge in [0.25, 0.3) is 0 Å². The zero-order valence-electron chi connectivity index (χ0n) is 9.46. The van der Waals surface area contributed by atoms with Crippen molar-refractivity contribution < 1.29 is 5.11 Å². The van der Waals surface area contributed by atoms with Crippen molar-refractivity contribution in [2.45, 2.75) is 26.4 Å². The van der Waals surface area contributed by atoms with Gasteiger partial charge in [-0.3, -0.25) is 4.98 Å². The summed E-state index contributed by atoms with van der Waals surface area (Å²) >= 11 is 0. The summed E-state index contributed by atoms with van der Waals surface area (Å²) in [6.07, 6.45) is 5.66. The van der Waals surface area contributed by atoms with Gasteiger partial charge in [-0.2, -0.15) is 5.10 Å². The van der Waals surface area contributed by atoms with E-state index in [0.717, 1.165) is 11.3 Å². The minimum atomic E-state index is -0.478. The van der Waals surface area contributed by atoms with Gasteiger partial charge in [0.1, 0.15) is 0 Å². The molecule has 84 valence electrons. The van der Waals surface area contributed by atoms with Crippen LogP contribution in [0.5, 0.6) is 0 Å². The van der Waals surface area contributed by atoms with Crippen molar-refractivity contribution in [2.75, 3.05) is 0 Å². The van der Waals surface area contributed by atoms with E-state index in [1.807, 2.05) is 32.2 Å². The van der Waals surface area contributed by atoms with Crippen molar-refractivity contribution in [1.29, 1.82) is 0 Å². The normalized spacial score (nSPS) is 12.7. The van der Waals surface area contributed by atoms with Gasteiger partial charge in [-0.15, -0.1) is 0 Å². The van der Waals surface area contributed by atoms with Gasteiger partial charge in [-0.1, -0.05) is 6.92 Å². The number of aryl methyl sites for hydroxylation is 1. The number of aliphatic hydroxyl groups excluding tert-OH is 1. The number of hydrogen-bond acceptors (Lipinski definition) is 3. The molecule has 0 aliphatic rings. The first-order valence-corrected chi connectivity index (χ1v) is 5.36. The zero-order chi connectivity index (χ0) is 11.5. The molecule has 16 heavy (non-hydrogen) atoms. The molecule has 2 aromatic heterocycles. The van der Waals surface area contributed by atoms with Crippen LogP contribution < -0.4 is 0 Å². The van der Waals surface area contributed by atoms with E-state index in [9.17, 15) is 5.11 Å². The van der Waals surface area contributed by atoms with E-state index in [1.165, 1.54) is 0 Å². The third-order valence-electron chi connectivity index (χ3n) is 2.48. The van der Waals surface area contributed by atoms with E-state index >= 15 is 0 Å². The van der Waals surface area contributed by atoms with Gasteiger partial charge in [-0.25, -0.2) is 4.68 Å². The topological polar surface area (TPSA) is 50.9 Å². The Bertz CT molecular complexity index is 461. The molecule has 0 saturated heterocycles. The second-order valence-corrected chi connectivity index (χ2v) is 3.83. The van der Waals surface area contributed by atoms with E-state index in [2.05, 4.69) is 10.1 Å². The van der Waals surface area contributed by atoms with Crippen LogP contribution in [0.1, 0.15) is 30.7 Å². The summed E-state index contributed by atoms with van der Waals surface area (Å²) in [5.74, 6) is 0. The Morgan fingerprint density at radius 3 is 2.69 bits per heavy atom. The molecule has 2 aromatic rings. The van der Waals surface area contributed by atoms with E-state index in [-0.39, 0.29) is 0 Å². The highest BCUT2D eigenvalue weighted by Crippen LogP contribution is 2.15. The molecule has 0 radical (unpaired) electrons. The molecule has 0 aromatic carbocycles. The summed E-state index contributed by atoms with van der Waals surface area (Å²) in [5.41, 5.74) is 2.72. The van der Waals surface area contributed by atoms with E-state index in [0.29, 0.717) is 12.1 Å². The molecule has 0 aliphatic carbocycles. The molecule has 1 atom stereocenters. The molecule has 0 fully saturated rings. The van der Waals surface area contributed by atoms with Crippen molar-refractivity contribution in [1.82, 2.24) is 14.8 Å². The molecule has 0 amide bonds. The number of rotatable bonds is 3. The summed E-state index contributed by atoms with van der Waals surface area (Å²) in [6, 6.07) is 3.74. The summed E-state index contributed by atoms with van der Waals surface area (Å²) < 4.78 is 1.77. The number of pyridine rings is 1. The Morgan fingerprint density at radius 1 is 1.38 bits per heavy atom. The van der Waals surface area contributed by atoms with Crippen LogP contribution in [0.25, 0.3) is 5.69 Å². The lowest BCUT2D eigenvalue weighted by atomic mass is 10.2. The first-order chi connectivity index (χ1) is 7.70. The van der Waals surface area contributed by atoms with Crippen LogP contribution in [0.4, 0.5) is 0 Å². The minimum Gasteiger partial charge on any atom is -0.387 e. The third-order valence-corrected chi connectivity index (χ3v) is 2.48. The van der Waals surface area contributed by atoms with Crippen molar-refractivity contribution >= 4 is 0 Å². The molecule has 1 N–H and O–H groups in total. The van der Waals surface area contributed by atoms with Crippen molar-refractivity contribution in [3.05, 3.63) is 42.0 Å². The van der Waals surface area contributed by atoms with Crippen LogP contribution in [0.15, 0.2) is 30.7 Å². The van der Waals surface area contributed by atoms with Gasteiger partial charge >= 0.3 is 0 Å². The highest BCUT2D eigenvalue weighted by atomic mass is 16.3. The lowest BCUT2D eigenvalue weighted by Gasteiger charge is -2.07. The molecule has 4 heteroatoms. The summed E-state index contributed by atoms with van der Waals surface area (Å²) in [6.45, 7) is 3.92. The molecular weight excluding hydrogens is 202 g/mol. The molecule has 0 spiro atoms. The molecular formula is C12H15N3O. The zero-order valence-corrected chi connectivity index (χ0v) is 9.46. The Kier molecular flexibility index (Phi) is 3.01. The quantitative estimate of drug-likeness (QED) is 0.855. The molecule has 0 unspecified atom stereocenters. The van der Waals surface area contributed by atoms with Crippen molar-refractivity contribution in [3.63, 3.8) is 0 Å². The Morgan fingerprint density at radius 2 is 2.19 bits per heavy atom. The molecule has 0 bridgehead atoms. The van der Waals surface area contributed by atoms with Crippen LogP contribution in [0.3, 0.4) is 0 Å². The van der Waals surface area contributed by atoms with E-state index < -0.39 is 6.10 Å². The average molecular weight is 217 g/mol. The predicted octanol–water partition coefficient (Wildman–Crippen LogP) is 2.02.